The molecule has 1 amide bonds. The lowest BCUT2D eigenvalue weighted by Crippen LogP contribution is -2.37. The molecule has 2 fully saturated rings. The van der Waals surface area contributed by atoms with E-state index in [0.717, 1.165) is 11.4 Å². The molecule has 1 aromatic rings. The summed E-state index contributed by atoms with van der Waals surface area (Å²) in [5, 5.41) is 0.516. The van der Waals surface area contributed by atoms with E-state index >= 15 is 0 Å². The number of amides is 1. The smallest absolute Gasteiger partial charge is 0.248 e. The van der Waals surface area contributed by atoms with Crippen molar-refractivity contribution in [2.75, 3.05) is 23.0 Å². The number of hydrogen-bond acceptors (Lipinski definition) is 5. The maximum Gasteiger partial charge on any atom is 0.248 e. The number of anilines is 1. The van der Waals surface area contributed by atoms with E-state index in [1.165, 1.54) is 11.8 Å². The van der Waals surface area contributed by atoms with Gasteiger partial charge in [0, 0.05) is 17.4 Å². The minimum atomic E-state index is -3.06. The van der Waals surface area contributed by atoms with Gasteiger partial charge in [-0.25, -0.2) is 8.42 Å². The average Bonchev–Trinajstić information content (AvgIpc) is 2.98. The molecule has 0 bridgehead atoms. The van der Waals surface area contributed by atoms with Crippen LogP contribution in [0.4, 0.5) is 5.69 Å². The summed E-state index contributed by atoms with van der Waals surface area (Å²) >= 11 is 1.40. The Morgan fingerprint density at radius 1 is 1.31 bits per heavy atom. The third-order valence-corrected chi connectivity index (χ3v) is 7.51. The number of ether oxygens (including phenoxy) is 1. The predicted octanol–water partition coefficient (Wildman–Crippen LogP) is 2.73. The van der Waals surface area contributed by atoms with E-state index in [9.17, 15) is 13.2 Å². The van der Waals surface area contributed by atoms with Gasteiger partial charge < -0.3 is 9.64 Å². The number of carbonyl (C=O) groups excluding carboxylic acids is 1. The minimum Gasteiger partial charge on any atom is -0.494 e. The lowest BCUT2D eigenvalue weighted by Gasteiger charge is -2.24. The lowest BCUT2D eigenvalue weighted by atomic mass is 10.1. The molecule has 2 heterocycles. The second kappa shape index (κ2) is 7.60. The fourth-order valence-electron chi connectivity index (χ4n) is 3.24. The van der Waals surface area contributed by atoms with Gasteiger partial charge in [0.25, 0.3) is 0 Å². The number of fused-ring (bicyclic) bond motifs is 1. The molecule has 8 heteroatoms. The van der Waals surface area contributed by atoms with Crippen molar-refractivity contribution >= 4 is 38.4 Å². The number of carbonyl (C=O) groups is 1. The van der Waals surface area contributed by atoms with Gasteiger partial charge >= 0.3 is 0 Å². The Kier molecular flexibility index (Phi) is 5.62. The van der Waals surface area contributed by atoms with E-state index in [1.807, 2.05) is 49.9 Å². The number of nitrogens with zero attached hydrogens (tertiary/aromatic N) is 2. The summed E-state index contributed by atoms with van der Waals surface area (Å²) in [6.07, 6.45) is 0.384. The SMILES string of the molecule is CCOc1ccc(N2C(=NC(=O)CC(C)C)S[C@H]3CS(=O)(=O)C[C@H]32)cc1. The predicted molar refractivity (Wildman–Crippen MR) is 106 cm³/mol. The van der Waals surface area contributed by atoms with Gasteiger partial charge in [0.1, 0.15) is 5.75 Å². The molecule has 6 nitrogen and oxygen atoms in total. The maximum absolute atomic E-state index is 12.2. The van der Waals surface area contributed by atoms with Gasteiger partial charge in [-0.1, -0.05) is 25.6 Å². The van der Waals surface area contributed by atoms with Gasteiger partial charge in [0.05, 0.1) is 24.2 Å². The van der Waals surface area contributed by atoms with Crippen LogP contribution in [-0.2, 0) is 14.6 Å². The molecule has 0 aliphatic carbocycles. The topological polar surface area (TPSA) is 76.0 Å². The number of thioether (sulfide) groups is 1. The Hall–Kier alpha value is -1.54. The second-order valence-corrected chi connectivity index (χ2v) is 10.3. The van der Waals surface area contributed by atoms with Crippen molar-refractivity contribution in [2.24, 2.45) is 10.9 Å². The van der Waals surface area contributed by atoms with Crippen LogP contribution in [-0.4, -0.2) is 48.9 Å². The van der Waals surface area contributed by atoms with Gasteiger partial charge in [-0.05, 0) is 37.1 Å². The van der Waals surface area contributed by atoms with Crippen molar-refractivity contribution in [1.29, 1.82) is 0 Å². The summed E-state index contributed by atoms with van der Waals surface area (Å²) < 4.78 is 29.6. The molecule has 2 saturated heterocycles. The second-order valence-electron chi connectivity index (χ2n) is 6.98. The average molecular weight is 397 g/mol. The Balaban J connectivity index is 1.92. The van der Waals surface area contributed by atoms with Crippen LogP contribution >= 0.6 is 11.8 Å². The van der Waals surface area contributed by atoms with Crippen LogP contribution in [0, 0.1) is 5.92 Å². The van der Waals surface area contributed by atoms with Crippen LogP contribution in [0.3, 0.4) is 0 Å². The van der Waals surface area contributed by atoms with Crippen molar-refractivity contribution in [2.45, 2.75) is 38.5 Å². The highest BCUT2D eigenvalue weighted by atomic mass is 32.2. The highest BCUT2D eigenvalue weighted by Gasteiger charge is 2.49. The summed E-state index contributed by atoms with van der Waals surface area (Å²) in [6, 6.07) is 7.30. The zero-order valence-electron chi connectivity index (χ0n) is 15.2. The third kappa shape index (κ3) is 4.23. The molecule has 2 aliphatic rings. The Labute approximate surface area is 158 Å². The van der Waals surface area contributed by atoms with Gasteiger partial charge in [-0.2, -0.15) is 4.99 Å². The normalized spacial score (nSPS) is 25.7. The largest absolute Gasteiger partial charge is 0.494 e. The van der Waals surface area contributed by atoms with E-state index in [-0.39, 0.29) is 34.6 Å². The molecule has 2 atom stereocenters. The van der Waals surface area contributed by atoms with E-state index in [2.05, 4.69) is 4.99 Å². The van der Waals surface area contributed by atoms with Crippen LogP contribution in [0.1, 0.15) is 27.2 Å². The Bertz CT molecular complexity index is 803. The number of benzene rings is 1. The fraction of sp³-hybridized carbons (Fsp3) is 0.556. The first kappa shape index (κ1) is 19.2. The quantitative estimate of drug-likeness (QED) is 0.762. The van der Waals surface area contributed by atoms with Gasteiger partial charge in [0.15, 0.2) is 15.0 Å². The molecule has 142 valence electrons. The Morgan fingerprint density at radius 2 is 2.00 bits per heavy atom. The van der Waals surface area contributed by atoms with Crippen molar-refractivity contribution < 1.29 is 17.9 Å². The van der Waals surface area contributed by atoms with E-state index < -0.39 is 9.84 Å². The fourth-order valence-corrected chi connectivity index (χ4v) is 7.17. The monoisotopic (exact) mass is 396 g/mol. The van der Waals surface area contributed by atoms with Crippen molar-refractivity contribution in [3.8, 4) is 5.75 Å². The number of aliphatic imine (C=N–C) groups is 1. The summed E-state index contributed by atoms with van der Waals surface area (Å²) in [5.41, 5.74) is 0.835. The number of amidine groups is 1. The molecule has 0 spiro atoms. The highest BCUT2D eigenvalue weighted by Crippen LogP contribution is 2.41. The molecule has 1 aromatic carbocycles. The highest BCUT2D eigenvalue weighted by molar-refractivity contribution is 8.16. The summed E-state index contributed by atoms with van der Waals surface area (Å²) in [6.45, 7) is 6.46. The van der Waals surface area contributed by atoms with Crippen molar-refractivity contribution in [3.05, 3.63) is 24.3 Å². The molecular weight excluding hydrogens is 372 g/mol. The minimum absolute atomic E-state index is 0.0860. The zero-order chi connectivity index (χ0) is 18.9. The van der Waals surface area contributed by atoms with Crippen molar-refractivity contribution in [3.63, 3.8) is 0 Å². The molecule has 0 N–H and O–H groups in total. The Morgan fingerprint density at radius 3 is 2.62 bits per heavy atom. The standard InChI is InChI=1S/C18H24N2O4S2/c1-4-24-14-7-5-13(6-8-14)20-15-10-26(22,23)11-16(15)25-18(20)19-17(21)9-12(2)3/h5-8,12,15-16H,4,9-11H2,1-3H3/t15-,16+/m1/s1. The summed E-state index contributed by atoms with van der Waals surface area (Å²) in [7, 11) is -3.06. The lowest BCUT2D eigenvalue weighted by molar-refractivity contribution is -0.118. The first-order valence-corrected chi connectivity index (χ1v) is 11.5. The molecule has 3 rings (SSSR count). The van der Waals surface area contributed by atoms with E-state index in [0.29, 0.717) is 18.2 Å². The van der Waals surface area contributed by atoms with E-state index in [1.54, 1.807) is 0 Å². The summed E-state index contributed by atoms with van der Waals surface area (Å²) in [4.78, 5) is 18.4. The molecule has 0 saturated carbocycles. The van der Waals surface area contributed by atoms with Crippen molar-refractivity contribution in [1.82, 2.24) is 0 Å². The number of hydrogen-bond donors (Lipinski definition) is 0. The molecule has 0 aromatic heterocycles. The number of sulfone groups is 1. The molecule has 0 unspecified atom stereocenters. The first-order chi connectivity index (χ1) is 12.3. The molecule has 0 radical (unpaired) electrons. The van der Waals surface area contributed by atoms with Gasteiger partial charge in [0.2, 0.25) is 5.91 Å². The van der Waals surface area contributed by atoms with Crippen LogP contribution in [0.15, 0.2) is 29.3 Å². The zero-order valence-corrected chi connectivity index (χ0v) is 16.8. The first-order valence-electron chi connectivity index (χ1n) is 8.79. The van der Waals surface area contributed by atoms with Gasteiger partial charge in [-0.3, -0.25) is 4.79 Å². The van der Waals surface area contributed by atoms with Crippen LogP contribution in [0.2, 0.25) is 0 Å². The molecule has 2 aliphatic heterocycles. The van der Waals surface area contributed by atoms with E-state index in [4.69, 9.17) is 4.74 Å². The van der Waals surface area contributed by atoms with Crippen LogP contribution < -0.4 is 9.64 Å². The summed E-state index contributed by atoms with van der Waals surface area (Å²) in [5.74, 6) is 1.05. The number of rotatable bonds is 5. The van der Waals surface area contributed by atoms with Crippen LogP contribution in [0.25, 0.3) is 0 Å². The maximum atomic E-state index is 12.2. The molecular formula is C18H24N2O4S2. The van der Waals surface area contributed by atoms with Gasteiger partial charge in [-0.15, -0.1) is 0 Å². The third-order valence-electron chi connectivity index (χ3n) is 4.30. The van der Waals surface area contributed by atoms with Crippen LogP contribution in [0.5, 0.6) is 5.75 Å². The molecule has 26 heavy (non-hydrogen) atoms.